The van der Waals surface area contributed by atoms with Crippen molar-refractivity contribution >= 4 is 27.7 Å². The van der Waals surface area contributed by atoms with E-state index in [2.05, 4.69) is 26.4 Å². The molecule has 78 valence electrons. The number of carbonyl (C=O) groups excluding carboxylic acids is 1. The molecule has 0 saturated heterocycles. The molecule has 14 heavy (non-hydrogen) atoms. The number of halogens is 1. The summed E-state index contributed by atoms with van der Waals surface area (Å²) in [6.07, 6.45) is 0. The minimum atomic E-state index is -0.151. The number of amides is 1. The Morgan fingerprint density at radius 1 is 1.64 bits per heavy atom. The third-order valence-corrected chi connectivity index (χ3v) is 2.17. The Hall–Kier alpha value is -0.840. The molecule has 0 aliphatic heterocycles. The van der Waals surface area contributed by atoms with E-state index in [1.807, 2.05) is 20.8 Å². The number of anilines is 1. The van der Waals surface area contributed by atoms with Crippen LogP contribution < -0.4 is 5.32 Å². The van der Waals surface area contributed by atoms with Crippen molar-refractivity contribution in [1.82, 2.24) is 5.16 Å². The van der Waals surface area contributed by atoms with Crippen LogP contribution in [0.4, 0.5) is 5.88 Å². The molecule has 0 fully saturated rings. The maximum atomic E-state index is 11.0. The lowest BCUT2D eigenvalue weighted by atomic mass is 9.92. The van der Waals surface area contributed by atoms with E-state index in [9.17, 15) is 4.79 Å². The van der Waals surface area contributed by atoms with Crippen molar-refractivity contribution in [2.75, 3.05) is 10.6 Å². The number of hydrogen-bond donors (Lipinski definition) is 1. The Kier molecular flexibility index (Phi) is 3.31. The van der Waals surface area contributed by atoms with Gasteiger partial charge in [-0.05, 0) is 0 Å². The lowest BCUT2D eigenvalue weighted by Crippen LogP contribution is -2.12. The number of aromatic nitrogens is 1. The number of rotatable bonds is 2. The molecule has 1 amide bonds. The van der Waals surface area contributed by atoms with Gasteiger partial charge in [0.15, 0.2) is 0 Å². The molecule has 1 heterocycles. The van der Waals surface area contributed by atoms with Gasteiger partial charge < -0.3 is 4.52 Å². The highest BCUT2D eigenvalue weighted by atomic mass is 79.9. The van der Waals surface area contributed by atoms with E-state index in [1.54, 1.807) is 6.07 Å². The van der Waals surface area contributed by atoms with Gasteiger partial charge in [-0.3, -0.25) is 10.1 Å². The fourth-order valence-electron chi connectivity index (χ4n) is 0.858. The van der Waals surface area contributed by atoms with Crippen molar-refractivity contribution in [2.24, 2.45) is 0 Å². The van der Waals surface area contributed by atoms with Crippen molar-refractivity contribution < 1.29 is 9.32 Å². The van der Waals surface area contributed by atoms with Crippen LogP contribution in [0.1, 0.15) is 26.5 Å². The summed E-state index contributed by atoms with van der Waals surface area (Å²) >= 11 is 3.04. The summed E-state index contributed by atoms with van der Waals surface area (Å²) < 4.78 is 4.96. The number of alkyl halides is 1. The molecule has 0 spiro atoms. The van der Waals surface area contributed by atoms with Gasteiger partial charge in [0.25, 0.3) is 0 Å². The first-order valence-corrected chi connectivity index (χ1v) is 5.38. The Bertz CT molecular complexity index is 328. The van der Waals surface area contributed by atoms with Crippen LogP contribution in [0.3, 0.4) is 0 Å². The third-order valence-electron chi connectivity index (χ3n) is 1.66. The van der Waals surface area contributed by atoms with Crippen LogP contribution in [-0.4, -0.2) is 16.4 Å². The summed E-state index contributed by atoms with van der Waals surface area (Å²) in [5.74, 6) is 0.237. The first-order valence-electron chi connectivity index (χ1n) is 4.26. The number of nitrogens with one attached hydrogen (secondary N) is 1. The summed E-state index contributed by atoms with van der Waals surface area (Å²) in [7, 11) is 0. The normalized spacial score (nSPS) is 11.4. The quantitative estimate of drug-likeness (QED) is 0.831. The van der Waals surface area contributed by atoms with E-state index >= 15 is 0 Å². The molecule has 4 nitrogen and oxygen atoms in total. The van der Waals surface area contributed by atoms with Crippen LogP contribution in [0.25, 0.3) is 0 Å². The Balaban J connectivity index is 2.74. The SMILES string of the molecule is CC(C)(C)c1cc(NC(=O)CBr)on1. The van der Waals surface area contributed by atoms with E-state index in [0.29, 0.717) is 5.88 Å². The largest absolute Gasteiger partial charge is 0.338 e. The van der Waals surface area contributed by atoms with Crippen molar-refractivity contribution in [2.45, 2.75) is 26.2 Å². The second-order valence-corrected chi connectivity index (χ2v) is 4.57. The van der Waals surface area contributed by atoms with Gasteiger partial charge in [0.1, 0.15) is 0 Å². The van der Waals surface area contributed by atoms with E-state index in [1.165, 1.54) is 0 Å². The molecule has 1 rings (SSSR count). The first kappa shape index (κ1) is 11.2. The topological polar surface area (TPSA) is 55.1 Å². The summed E-state index contributed by atoms with van der Waals surface area (Å²) in [5.41, 5.74) is 0.753. The Morgan fingerprint density at radius 2 is 2.29 bits per heavy atom. The highest BCUT2D eigenvalue weighted by molar-refractivity contribution is 9.09. The molecule has 0 aliphatic rings. The zero-order valence-electron chi connectivity index (χ0n) is 8.43. The van der Waals surface area contributed by atoms with Gasteiger partial charge in [0.2, 0.25) is 11.8 Å². The molecule has 1 N–H and O–H groups in total. The molecule has 0 atom stereocenters. The predicted octanol–water partition coefficient (Wildman–Crippen LogP) is 2.31. The molecular weight excluding hydrogens is 248 g/mol. The monoisotopic (exact) mass is 260 g/mol. The summed E-state index contributed by atoms with van der Waals surface area (Å²) in [6, 6.07) is 1.74. The van der Waals surface area contributed by atoms with Crippen molar-refractivity contribution in [3.63, 3.8) is 0 Å². The van der Waals surface area contributed by atoms with Crippen LogP contribution in [0.5, 0.6) is 0 Å². The standard InChI is InChI=1S/C9H13BrN2O2/c1-9(2,3)6-4-8(14-12-6)11-7(13)5-10/h4H,5H2,1-3H3,(H,11,13). The zero-order chi connectivity index (χ0) is 10.8. The molecule has 0 saturated carbocycles. The van der Waals surface area contributed by atoms with Gasteiger partial charge in [0.05, 0.1) is 11.0 Å². The van der Waals surface area contributed by atoms with Crippen molar-refractivity contribution in [3.05, 3.63) is 11.8 Å². The molecule has 0 aliphatic carbocycles. The van der Waals surface area contributed by atoms with E-state index in [-0.39, 0.29) is 16.7 Å². The zero-order valence-corrected chi connectivity index (χ0v) is 10.0. The molecule has 5 heteroatoms. The molecule has 0 radical (unpaired) electrons. The Morgan fingerprint density at radius 3 is 2.71 bits per heavy atom. The van der Waals surface area contributed by atoms with E-state index in [4.69, 9.17) is 4.52 Å². The van der Waals surface area contributed by atoms with Crippen LogP contribution in [0, 0.1) is 0 Å². The molecule has 1 aromatic heterocycles. The maximum absolute atomic E-state index is 11.0. The number of hydrogen-bond acceptors (Lipinski definition) is 3. The fourth-order valence-corrected chi connectivity index (χ4v) is 0.999. The van der Waals surface area contributed by atoms with Crippen LogP contribution in [-0.2, 0) is 10.2 Å². The van der Waals surface area contributed by atoms with E-state index < -0.39 is 0 Å². The maximum Gasteiger partial charge on any atom is 0.237 e. The molecular formula is C9H13BrN2O2. The van der Waals surface area contributed by atoms with Crippen LogP contribution in [0.2, 0.25) is 0 Å². The second kappa shape index (κ2) is 4.13. The smallest absolute Gasteiger partial charge is 0.237 e. The number of carbonyl (C=O) groups is 1. The van der Waals surface area contributed by atoms with Crippen LogP contribution >= 0.6 is 15.9 Å². The highest BCUT2D eigenvalue weighted by Crippen LogP contribution is 2.23. The van der Waals surface area contributed by atoms with Gasteiger partial charge in [-0.2, -0.15) is 0 Å². The first-order chi connectivity index (χ1) is 6.43. The summed E-state index contributed by atoms with van der Waals surface area (Å²) in [4.78, 5) is 11.0. The summed E-state index contributed by atoms with van der Waals surface area (Å²) in [5, 5.41) is 6.69. The lowest BCUT2D eigenvalue weighted by Gasteiger charge is -2.12. The van der Waals surface area contributed by atoms with Gasteiger partial charge >= 0.3 is 0 Å². The molecule has 0 aromatic carbocycles. The minimum absolute atomic E-state index is 0.0686. The predicted molar refractivity (Wildman–Crippen MR) is 57.6 cm³/mol. The van der Waals surface area contributed by atoms with Crippen LogP contribution in [0.15, 0.2) is 10.6 Å². The molecule has 1 aromatic rings. The average molecular weight is 261 g/mol. The van der Waals surface area contributed by atoms with Crippen molar-refractivity contribution in [1.29, 1.82) is 0 Å². The summed E-state index contributed by atoms with van der Waals surface area (Å²) in [6.45, 7) is 6.09. The minimum Gasteiger partial charge on any atom is -0.338 e. The molecule has 0 bridgehead atoms. The van der Waals surface area contributed by atoms with Gasteiger partial charge in [0, 0.05) is 11.5 Å². The second-order valence-electron chi connectivity index (χ2n) is 4.01. The Labute approximate surface area is 91.2 Å². The number of nitrogens with zero attached hydrogens (tertiary/aromatic N) is 1. The van der Waals surface area contributed by atoms with Crippen molar-refractivity contribution in [3.8, 4) is 0 Å². The highest BCUT2D eigenvalue weighted by Gasteiger charge is 2.19. The van der Waals surface area contributed by atoms with Gasteiger partial charge in [-0.1, -0.05) is 41.9 Å². The average Bonchev–Trinajstić information content (AvgIpc) is 2.51. The van der Waals surface area contributed by atoms with E-state index in [0.717, 1.165) is 5.69 Å². The molecule has 0 unspecified atom stereocenters. The fraction of sp³-hybridized carbons (Fsp3) is 0.556. The lowest BCUT2D eigenvalue weighted by molar-refractivity contribution is -0.113. The van der Waals surface area contributed by atoms with Gasteiger partial charge in [-0.15, -0.1) is 0 Å². The third kappa shape index (κ3) is 2.83. The van der Waals surface area contributed by atoms with Gasteiger partial charge in [-0.25, -0.2) is 0 Å².